The highest BCUT2D eigenvalue weighted by atomic mass is 32.2. The van der Waals surface area contributed by atoms with Gasteiger partial charge in [0, 0.05) is 16.4 Å². The molecule has 102 valence electrons. The molecule has 1 saturated heterocycles. The largest absolute Gasteiger partial charge is 0.305 e. The van der Waals surface area contributed by atoms with Gasteiger partial charge < -0.3 is 5.32 Å². The van der Waals surface area contributed by atoms with Gasteiger partial charge in [-0.25, -0.2) is 4.98 Å². The minimum Gasteiger partial charge on any atom is -0.305 e. The summed E-state index contributed by atoms with van der Waals surface area (Å²) in [6, 6.07) is 0. The number of nitrogens with one attached hydrogen (secondary N) is 1. The molecule has 1 aromatic rings. The lowest BCUT2D eigenvalue weighted by Gasteiger charge is -2.27. The fourth-order valence-electron chi connectivity index (χ4n) is 2.38. The molecule has 2 rings (SSSR count). The molecule has 2 heterocycles. The van der Waals surface area contributed by atoms with Crippen LogP contribution in [0.4, 0.5) is 0 Å². The van der Waals surface area contributed by atoms with Gasteiger partial charge in [0.2, 0.25) is 0 Å². The Bertz CT molecular complexity index is 389. The van der Waals surface area contributed by atoms with Crippen LogP contribution in [0.25, 0.3) is 0 Å². The van der Waals surface area contributed by atoms with Crippen molar-refractivity contribution in [3.05, 3.63) is 16.1 Å². The van der Waals surface area contributed by atoms with Gasteiger partial charge in [-0.3, -0.25) is 0 Å². The summed E-state index contributed by atoms with van der Waals surface area (Å²) in [6.07, 6.45) is 2.39. The Kier molecular flexibility index (Phi) is 4.73. The van der Waals surface area contributed by atoms with E-state index in [4.69, 9.17) is 4.98 Å². The molecule has 0 saturated carbocycles. The Balaban J connectivity index is 2.22. The van der Waals surface area contributed by atoms with Gasteiger partial charge in [0.25, 0.3) is 0 Å². The van der Waals surface area contributed by atoms with E-state index in [1.165, 1.54) is 29.3 Å². The van der Waals surface area contributed by atoms with E-state index in [1.54, 1.807) is 0 Å². The van der Waals surface area contributed by atoms with Gasteiger partial charge in [0.1, 0.15) is 5.01 Å². The summed E-state index contributed by atoms with van der Waals surface area (Å²) in [5.74, 6) is 1.70. The highest BCUT2D eigenvalue weighted by Gasteiger charge is 2.41. The van der Waals surface area contributed by atoms with E-state index in [0.717, 1.165) is 11.8 Å². The van der Waals surface area contributed by atoms with Crippen LogP contribution in [-0.4, -0.2) is 22.5 Å². The number of thioether (sulfide) groups is 1. The third-order valence-corrected chi connectivity index (χ3v) is 5.95. The zero-order valence-corrected chi connectivity index (χ0v) is 13.5. The molecule has 1 aliphatic rings. The minimum absolute atomic E-state index is 0.137. The molecular weight excluding hydrogens is 260 g/mol. The van der Waals surface area contributed by atoms with E-state index in [2.05, 4.69) is 50.2 Å². The van der Waals surface area contributed by atoms with Crippen LogP contribution in [0.1, 0.15) is 57.2 Å². The van der Waals surface area contributed by atoms with Crippen molar-refractivity contribution < 1.29 is 0 Å². The molecule has 1 N–H and O–H groups in total. The van der Waals surface area contributed by atoms with E-state index in [-0.39, 0.29) is 5.54 Å². The average Bonchev–Trinajstić information content (AvgIpc) is 2.94. The zero-order chi connectivity index (χ0) is 13.2. The molecule has 1 aromatic heterocycles. The summed E-state index contributed by atoms with van der Waals surface area (Å²) in [6.45, 7) is 10.1. The van der Waals surface area contributed by atoms with Crippen LogP contribution in [0.2, 0.25) is 0 Å². The predicted octanol–water partition coefficient (Wildman–Crippen LogP) is 3.99. The highest BCUT2D eigenvalue weighted by molar-refractivity contribution is 8.00. The van der Waals surface area contributed by atoms with Crippen LogP contribution in [0.5, 0.6) is 0 Å². The van der Waals surface area contributed by atoms with Crippen molar-refractivity contribution >= 4 is 23.1 Å². The molecule has 0 spiro atoms. The maximum atomic E-state index is 4.89. The topological polar surface area (TPSA) is 24.9 Å². The summed E-state index contributed by atoms with van der Waals surface area (Å²) < 4.78 is 0. The van der Waals surface area contributed by atoms with Crippen molar-refractivity contribution in [2.24, 2.45) is 0 Å². The Labute approximate surface area is 119 Å². The van der Waals surface area contributed by atoms with Crippen molar-refractivity contribution in [1.29, 1.82) is 0 Å². The maximum absolute atomic E-state index is 4.89. The van der Waals surface area contributed by atoms with Crippen LogP contribution in [0.15, 0.2) is 5.38 Å². The van der Waals surface area contributed by atoms with Crippen LogP contribution in [0, 0.1) is 0 Å². The van der Waals surface area contributed by atoms with Crippen LogP contribution in [-0.2, 0) is 5.54 Å². The first kappa shape index (κ1) is 14.4. The number of rotatable bonds is 5. The molecule has 18 heavy (non-hydrogen) atoms. The fraction of sp³-hybridized carbons (Fsp3) is 0.786. The van der Waals surface area contributed by atoms with Crippen molar-refractivity contribution in [3.8, 4) is 0 Å². The Morgan fingerprint density at radius 2 is 2.33 bits per heavy atom. The number of aromatic nitrogens is 1. The van der Waals surface area contributed by atoms with Crippen LogP contribution < -0.4 is 5.32 Å². The molecule has 4 heteroatoms. The Morgan fingerprint density at radius 3 is 2.83 bits per heavy atom. The lowest BCUT2D eigenvalue weighted by molar-refractivity contribution is 0.361. The summed E-state index contributed by atoms with van der Waals surface area (Å²) >= 11 is 3.91. The van der Waals surface area contributed by atoms with E-state index in [9.17, 15) is 0 Å². The van der Waals surface area contributed by atoms with Crippen molar-refractivity contribution in [3.63, 3.8) is 0 Å². The number of nitrogens with zero attached hydrogens (tertiary/aromatic N) is 1. The normalized spacial score (nSPS) is 28.2. The van der Waals surface area contributed by atoms with E-state index in [1.807, 2.05) is 11.3 Å². The third-order valence-electron chi connectivity index (χ3n) is 3.49. The number of thiazole rings is 1. The summed E-state index contributed by atoms with van der Waals surface area (Å²) in [5.41, 5.74) is 1.38. The van der Waals surface area contributed by atoms with Gasteiger partial charge in [-0.05, 0) is 25.3 Å². The molecule has 0 bridgehead atoms. The lowest BCUT2D eigenvalue weighted by atomic mass is 9.96. The van der Waals surface area contributed by atoms with E-state index in [0.29, 0.717) is 5.92 Å². The Hall–Kier alpha value is -0.0600. The van der Waals surface area contributed by atoms with Gasteiger partial charge in [0.15, 0.2) is 0 Å². The maximum Gasteiger partial charge on any atom is 0.114 e. The second-order valence-electron chi connectivity index (χ2n) is 5.57. The number of hydrogen-bond acceptors (Lipinski definition) is 4. The standard InChI is InChI=1S/C14H24N2S2/c1-5-6-15-14(7-11(4)18-9-14)13-16-12(8-17-13)10(2)3/h8,10-11,15H,5-7,9H2,1-4H3. The summed E-state index contributed by atoms with van der Waals surface area (Å²) in [5, 5.41) is 8.05. The molecular formula is C14H24N2S2. The first-order chi connectivity index (χ1) is 8.57. The number of hydrogen-bond donors (Lipinski definition) is 1. The molecule has 1 aliphatic heterocycles. The molecule has 2 atom stereocenters. The minimum atomic E-state index is 0.137. The highest BCUT2D eigenvalue weighted by Crippen LogP contribution is 2.42. The summed E-state index contributed by atoms with van der Waals surface area (Å²) in [4.78, 5) is 4.89. The SMILES string of the molecule is CCCNC1(c2nc(C(C)C)cs2)CSC(C)C1. The van der Waals surface area contributed by atoms with Gasteiger partial charge in [-0.1, -0.05) is 27.7 Å². The Morgan fingerprint density at radius 1 is 1.56 bits per heavy atom. The molecule has 0 amide bonds. The smallest absolute Gasteiger partial charge is 0.114 e. The first-order valence-electron chi connectivity index (χ1n) is 6.90. The van der Waals surface area contributed by atoms with Gasteiger partial charge in [0.05, 0.1) is 11.2 Å². The summed E-state index contributed by atoms with van der Waals surface area (Å²) in [7, 11) is 0. The van der Waals surface area contributed by atoms with Crippen LogP contribution in [0.3, 0.4) is 0 Å². The molecule has 1 fully saturated rings. The van der Waals surface area contributed by atoms with Crippen molar-refractivity contribution in [1.82, 2.24) is 10.3 Å². The van der Waals surface area contributed by atoms with Crippen LogP contribution >= 0.6 is 23.1 Å². The molecule has 2 nitrogen and oxygen atoms in total. The third kappa shape index (κ3) is 2.91. The second-order valence-corrected chi connectivity index (χ2v) is 7.85. The fourth-order valence-corrected chi connectivity index (χ4v) is 4.96. The quantitative estimate of drug-likeness (QED) is 0.885. The molecule has 0 aromatic carbocycles. The predicted molar refractivity (Wildman–Crippen MR) is 82.7 cm³/mol. The first-order valence-corrected chi connectivity index (χ1v) is 8.83. The molecule has 0 radical (unpaired) electrons. The van der Waals surface area contributed by atoms with E-state index < -0.39 is 0 Å². The second kappa shape index (κ2) is 5.93. The van der Waals surface area contributed by atoms with Gasteiger partial charge in [-0.15, -0.1) is 11.3 Å². The molecule has 0 aliphatic carbocycles. The monoisotopic (exact) mass is 284 g/mol. The zero-order valence-electron chi connectivity index (χ0n) is 11.8. The van der Waals surface area contributed by atoms with Crippen molar-refractivity contribution in [2.45, 2.75) is 57.2 Å². The van der Waals surface area contributed by atoms with Gasteiger partial charge in [-0.2, -0.15) is 11.8 Å². The van der Waals surface area contributed by atoms with Crippen molar-refractivity contribution in [2.75, 3.05) is 12.3 Å². The lowest BCUT2D eigenvalue weighted by Crippen LogP contribution is -2.43. The van der Waals surface area contributed by atoms with E-state index >= 15 is 0 Å². The van der Waals surface area contributed by atoms with Gasteiger partial charge >= 0.3 is 0 Å². The molecule has 2 unspecified atom stereocenters. The average molecular weight is 284 g/mol.